The van der Waals surface area contributed by atoms with E-state index in [2.05, 4.69) is 51.3 Å². The van der Waals surface area contributed by atoms with Gasteiger partial charge in [0.1, 0.15) is 18.9 Å². The van der Waals surface area contributed by atoms with Gasteiger partial charge in [-0.25, -0.2) is 0 Å². The number of benzene rings is 2. The Labute approximate surface area is 225 Å². The molecule has 6 heteroatoms. The zero-order chi connectivity index (χ0) is 26.4. The van der Waals surface area contributed by atoms with Gasteiger partial charge in [-0.1, -0.05) is 64.4 Å². The van der Waals surface area contributed by atoms with Crippen LogP contribution >= 0.6 is 11.3 Å². The number of fused-ring (bicyclic) bond motifs is 1. The van der Waals surface area contributed by atoms with Crippen molar-refractivity contribution in [3.05, 3.63) is 87.6 Å². The maximum atomic E-state index is 13.8. The third-order valence-corrected chi connectivity index (χ3v) is 8.23. The molecule has 0 saturated heterocycles. The van der Waals surface area contributed by atoms with Gasteiger partial charge in [-0.05, 0) is 65.1 Å². The SMILES string of the molecule is CCC(C)CN(CC(=O)N1CCc2sccc2C1COc1ccc(C(C)C)cc1)C(=O)c1ccccc1. The Morgan fingerprint density at radius 1 is 1.05 bits per heavy atom. The monoisotopic (exact) mass is 518 g/mol. The van der Waals surface area contributed by atoms with E-state index in [1.54, 1.807) is 16.2 Å². The average Bonchev–Trinajstić information content (AvgIpc) is 3.40. The van der Waals surface area contributed by atoms with Crippen LogP contribution in [0.3, 0.4) is 0 Å². The topological polar surface area (TPSA) is 49.9 Å². The molecule has 2 unspecified atom stereocenters. The summed E-state index contributed by atoms with van der Waals surface area (Å²) in [6.45, 7) is 10.2. The average molecular weight is 519 g/mol. The number of amides is 2. The van der Waals surface area contributed by atoms with E-state index in [9.17, 15) is 9.59 Å². The van der Waals surface area contributed by atoms with E-state index in [0.717, 1.165) is 24.2 Å². The molecule has 2 aromatic carbocycles. The third-order valence-electron chi connectivity index (χ3n) is 7.23. The zero-order valence-corrected chi connectivity index (χ0v) is 23.2. The number of thiophene rings is 1. The molecule has 1 aliphatic rings. The van der Waals surface area contributed by atoms with E-state index in [1.807, 2.05) is 47.4 Å². The molecule has 0 bridgehead atoms. The predicted molar refractivity (Wildman–Crippen MR) is 150 cm³/mol. The van der Waals surface area contributed by atoms with Crippen molar-refractivity contribution in [2.75, 3.05) is 26.2 Å². The summed E-state index contributed by atoms with van der Waals surface area (Å²) >= 11 is 1.74. The lowest BCUT2D eigenvalue weighted by Crippen LogP contribution is -2.48. The summed E-state index contributed by atoms with van der Waals surface area (Å²) in [6.07, 6.45) is 1.77. The summed E-state index contributed by atoms with van der Waals surface area (Å²) < 4.78 is 6.22. The molecule has 2 heterocycles. The minimum absolute atomic E-state index is 0.0341. The predicted octanol–water partition coefficient (Wildman–Crippen LogP) is 6.56. The Morgan fingerprint density at radius 3 is 2.46 bits per heavy atom. The second kappa shape index (κ2) is 12.4. The van der Waals surface area contributed by atoms with Gasteiger partial charge in [0.25, 0.3) is 5.91 Å². The summed E-state index contributed by atoms with van der Waals surface area (Å²) in [6, 6.07) is 19.4. The maximum absolute atomic E-state index is 13.8. The molecular weight excluding hydrogens is 480 g/mol. The van der Waals surface area contributed by atoms with Gasteiger partial charge >= 0.3 is 0 Å². The molecule has 0 fully saturated rings. The minimum atomic E-state index is -0.176. The molecule has 4 rings (SSSR count). The lowest BCUT2D eigenvalue weighted by Gasteiger charge is -2.37. The maximum Gasteiger partial charge on any atom is 0.254 e. The van der Waals surface area contributed by atoms with Crippen LogP contribution in [0.4, 0.5) is 0 Å². The van der Waals surface area contributed by atoms with Crippen molar-refractivity contribution in [2.45, 2.75) is 52.5 Å². The van der Waals surface area contributed by atoms with Gasteiger partial charge in [-0.2, -0.15) is 0 Å². The van der Waals surface area contributed by atoms with Gasteiger partial charge in [0.05, 0.1) is 6.04 Å². The lowest BCUT2D eigenvalue weighted by atomic mass is 10.00. The molecule has 0 N–H and O–H groups in total. The highest BCUT2D eigenvalue weighted by Crippen LogP contribution is 2.34. The third kappa shape index (κ3) is 6.61. The highest BCUT2D eigenvalue weighted by Gasteiger charge is 2.34. The van der Waals surface area contributed by atoms with Crippen molar-refractivity contribution < 1.29 is 14.3 Å². The zero-order valence-electron chi connectivity index (χ0n) is 22.4. The first-order valence-corrected chi connectivity index (χ1v) is 14.2. The molecule has 2 atom stereocenters. The smallest absolute Gasteiger partial charge is 0.254 e. The van der Waals surface area contributed by atoms with Crippen LogP contribution in [0.5, 0.6) is 5.75 Å². The van der Waals surface area contributed by atoms with E-state index in [1.165, 1.54) is 10.4 Å². The number of nitrogens with zero attached hydrogens (tertiary/aromatic N) is 2. The summed E-state index contributed by atoms with van der Waals surface area (Å²) in [4.78, 5) is 32.1. The van der Waals surface area contributed by atoms with Gasteiger partial charge in [0.2, 0.25) is 5.91 Å². The Hall–Kier alpha value is -3.12. The van der Waals surface area contributed by atoms with Crippen LogP contribution in [0.2, 0.25) is 0 Å². The first-order valence-electron chi connectivity index (χ1n) is 13.3. The highest BCUT2D eigenvalue weighted by atomic mass is 32.1. The molecule has 3 aromatic rings. The molecule has 1 aliphatic heterocycles. The Morgan fingerprint density at radius 2 is 1.78 bits per heavy atom. The first kappa shape index (κ1) is 26.9. The Kier molecular flexibility index (Phi) is 9.04. The molecule has 2 amide bonds. The highest BCUT2D eigenvalue weighted by molar-refractivity contribution is 7.10. The molecule has 1 aromatic heterocycles. The fourth-order valence-electron chi connectivity index (χ4n) is 4.74. The molecule has 0 radical (unpaired) electrons. The van der Waals surface area contributed by atoms with Crippen LogP contribution in [0.25, 0.3) is 0 Å². The fourth-order valence-corrected chi connectivity index (χ4v) is 5.67. The molecule has 0 aliphatic carbocycles. The second-order valence-electron chi connectivity index (χ2n) is 10.3. The summed E-state index contributed by atoms with van der Waals surface area (Å²) in [5.74, 6) is 1.44. The molecule has 37 heavy (non-hydrogen) atoms. The summed E-state index contributed by atoms with van der Waals surface area (Å²) in [5.41, 5.74) is 3.04. The molecular formula is C31H38N2O3S. The van der Waals surface area contributed by atoms with E-state index in [-0.39, 0.29) is 24.4 Å². The van der Waals surface area contributed by atoms with Crippen LogP contribution in [0.1, 0.15) is 72.4 Å². The summed E-state index contributed by atoms with van der Waals surface area (Å²) in [5, 5.41) is 2.09. The standard InChI is InChI=1S/C31H38N2O3S/c1-5-23(4)19-32(31(35)25-9-7-6-8-10-25)20-30(34)33-17-15-29-27(16-18-37-29)28(33)21-36-26-13-11-24(12-14-26)22(2)3/h6-14,16,18,22-23,28H,5,15,17,19-21H2,1-4H3. The largest absolute Gasteiger partial charge is 0.491 e. The lowest BCUT2D eigenvalue weighted by molar-refractivity contribution is -0.135. The minimum Gasteiger partial charge on any atom is -0.491 e. The second-order valence-corrected chi connectivity index (χ2v) is 11.3. The van der Waals surface area contributed by atoms with Crippen LogP contribution in [0.15, 0.2) is 66.0 Å². The van der Waals surface area contributed by atoms with Crippen molar-refractivity contribution in [2.24, 2.45) is 5.92 Å². The number of hydrogen-bond donors (Lipinski definition) is 0. The quantitative estimate of drug-likeness (QED) is 0.305. The molecule has 5 nitrogen and oxygen atoms in total. The van der Waals surface area contributed by atoms with Crippen molar-refractivity contribution in [3.8, 4) is 5.75 Å². The van der Waals surface area contributed by atoms with Crippen molar-refractivity contribution in [1.82, 2.24) is 9.80 Å². The van der Waals surface area contributed by atoms with Gasteiger partial charge in [0, 0.05) is 23.5 Å². The Balaban J connectivity index is 1.52. The van der Waals surface area contributed by atoms with Crippen LogP contribution in [-0.2, 0) is 11.2 Å². The van der Waals surface area contributed by atoms with E-state index < -0.39 is 0 Å². The van der Waals surface area contributed by atoms with Crippen molar-refractivity contribution in [3.63, 3.8) is 0 Å². The Bertz CT molecular complexity index is 1170. The number of carbonyl (C=O) groups excluding carboxylic acids is 2. The molecule has 0 spiro atoms. The van der Waals surface area contributed by atoms with E-state index in [4.69, 9.17) is 4.74 Å². The fraction of sp³-hybridized carbons (Fsp3) is 0.419. The summed E-state index contributed by atoms with van der Waals surface area (Å²) in [7, 11) is 0. The van der Waals surface area contributed by atoms with E-state index in [0.29, 0.717) is 37.1 Å². The van der Waals surface area contributed by atoms with Crippen molar-refractivity contribution in [1.29, 1.82) is 0 Å². The normalized spacial score (nSPS) is 15.8. The van der Waals surface area contributed by atoms with E-state index >= 15 is 0 Å². The first-order chi connectivity index (χ1) is 17.9. The number of rotatable bonds is 10. The van der Waals surface area contributed by atoms with Crippen LogP contribution < -0.4 is 4.74 Å². The van der Waals surface area contributed by atoms with Crippen LogP contribution in [-0.4, -0.2) is 47.9 Å². The number of hydrogen-bond acceptors (Lipinski definition) is 4. The van der Waals surface area contributed by atoms with Gasteiger partial charge in [-0.15, -0.1) is 11.3 Å². The van der Waals surface area contributed by atoms with Crippen LogP contribution in [0, 0.1) is 5.92 Å². The van der Waals surface area contributed by atoms with Gasteiger partial charge in [-0.3, -0.25) is 9.59 Å². The van der Waals surface area contributed by atoms with Crippen molar-refractivity contribution >= 4 is 23.2 Å². The molecule has 0 saturated carbocycles. The van der Waals surface area contributed by atoms with Gasteiger partial charge in [0.15, 0.2) is 0 Å². The molecule has 196 valence electrons. The van der Waals surface area contributed by atoms with Gasteiger partial charge < -0.3 is 14.5 Å². The number of ether oxygens (including phenoxy) is 1. The number of carbonyl (C=O) groups is 2.